The van der Waals surface area contributed by atoms with Crippen molar-refractivity contribution in [2.24, 2.45) is 0 Å². The van der Waals surface area contributed by atoms with E-state index in [4.69, 9.17) is 44.8 Å². The average Bonchev–Trinajstić information content (AvgIpc) is 2.33. The lowest BCUT2D eigenvalue weighted by Crippen LogP contribution is -1.86. The monoisotopic (exact) mass is 297 g/mol. The molecular formula is C13H6Cl3NO. The van der Waals surface area contributed by atoms with Crippen molar-refractivity contribution < 1.29 is 4.74 Å². The van der Waals surface area contributed by atoms with E-state index in [0.29, 0.717) is 32.1 Å². The molecule has 90 valence electrons. The Morgan fingerprint density at radius 1 is 0.944 bits per heavy atom. The Kier molecular flexibility index (Phi) is 3.98. The Morgan fingerprint density at radius 3 is 2.33 bits per heavy atom. The fourth-order valence-electron chi connectivity index (χ4n) is 1.33. The van der Waals surface area contributed by atoms with Gasteiger partial charge in [0.15, 0.2) is 0 Å². The zero-order valence-electron chi connectivity index (χ0n) is 8.95. The van der Waals surface area contributed by atoms with E-state index in [1.54, 1.807) is 36.4 Å². The highest BCUT2D eigenvalue weighted by Crippen LogP contribution is 2.32. The molecule has 0 radical (unpaired) electrons. The molecule has 2 nitrogen and oxygen atoms in total. The normalized spacial score (nSPS) is 9.89. The second-order valence-corrected chi connectivity index (χ2v) is 4.68. The van der Waals surface area contributed by atoms with Crippen molar-refractivity contribution >= 4 is 34.8 Å². The minimum Gasteiger partial charge on any atom is -0.456 e. The molecule has 0 spiro atoms. The molecule has 0 aliphatic heterocycles. The topological polar surface area (TPSA) is 33.0 Å². The van der Waals surface area contributed by atoms with Crippen LogP contribution in [0.4, 0.5) is 0 Å². The Labute approximate surface area is 119 Å². The summed E-state index contributed by atoms with van der Waals surface area (Å²) >= 11 is 17.7. The van der Waals surface area contributed by atoms with E-state index in [2.05, 4.69) is 0 Å². The van der Waals surface area contributed by atoms with Gasteiger partial charge in [-0.05, 0) is 30.3 Å². The van der Waals surface area contributed by atoms with Crippen LogP contribution >= 0.6 is 34.8 Å². The fraction of sp³-hybridized carbons (Fsp3) is 0. The zero-order chi connectivity index (χ0) is 13.1. The Morgan fingerprint density at radius 2 is 1.72 bits per heavy atom. The quantitative estimate of drug-likeness (QED) is 0.752. The van der Waals surface area contributed by atoms with E-state index in [1.165, 1.54) is 0 Å². The van der Waals surface area contributed by atoms with Crippen LogP contribution in [0.2, 0.25) is 15.1 Å². The van der Waals surface area contributed by atoms with Gasteiger partial charge in [0.25, 0.3) is 0 Å². The molecule has 5 heteroatoms. The molecule has 0 heterocycles. The largest absolute Gasteiger partial charge is 0.456 e. The van der Waals surface area contributed by atoms with Crippen LogP contribution in [-0.4, -0.2) is 0 Å². The van der Waals surface area contributed by atoms with Crippen LogP contribution in [0.25, 0.3) is 0 Å². The van der Waals surface area contributed by atoms with Crippen molar-refractivity contribution in [2.45, 2.75) is 0 Å². The van der Waals surface area contributed by atoms with Crippen molar-refractivity contribution in [1.29, 1.82) is 5.26 Å². The highest BCUT2D eigenvalue weighted by Gasteiger charge is 2.06. The van der Waals surface area contributed by atoms with Gasteiger partial charge in [-0.15, -0.1) is 0 Å². The van der Waals surface area contributed by atoms with E-state index < -0.39 is 0 Å². The van der Waals surface area contributed by atoms with Crippen molar-refractivity contribution in [3.63, 3.8) is 0 Å². The van der Waals surface area contributed by atoms with Gasteiger partial charge in [0.05, 0.1) is 15.6 Å². The number of rotatable bonds is 2. The molecule has 0 N–H and O–H groups in total. The van der Waals surface area contributed by atoms with E-state index in [9.17, 15) is 0 Å². The molecule has 2 aromatic carbocycles. The molecule has 0 bridgehead atoms. The standard InChI is InChI=1S/C13H6Cl3NO/c14-9-2-4-13(12(16)5-9)18-10-3-1-8(7-17)11(15)6-10/h1-6H. The summed E-state index contributed by atoms with van der Waals surface area (Å²) in [5.74, 6) is 0.977. The molecule has 0 amide bonds. The van der Waals surface area contributed by atoms with Gasteiger partial charge in [0.2, 0.25) is 0 Å². The average molecular weight is 299 g/mol. The van der Waals surface area contributed by atoms with Crippen molar-refractivity contribution in [3.05, 3.63) is 57.0 Å². The first kappa shape index (κ1) is 13.0. The van der Waals surface area contributed by atoms with Gasteiger partial charge in [-0.25, -0.2) is 0 Å². The Hall–Kier alpha value is -1.40. The number of benzene rings is 2. The number of hydrogen-bond acceptors (Lipinski definition) is 2. The van der Waals surface area contributed by atoms with Crippen molar-refractivity contribution in [2.75, 3.05) is 0 Å². The lowest BCUT2D eigenvalue weighted by atomic mass is 10.2. The van der Waals surface area contributed by atoms with Gasteiger partial charge in [0.1, 0.15) is 17.6 Å². The first-order valence-corrected chi connectivity index (χ1v) is 6.06. The summed E-state index contributed by atoms with van der Waals surface area (Å²) in [5, 5.41) is 10.0. The summed E-state index contributed by atoms with van der Waals surface area (Å²) in [6.45, 7) is 0. The first-order valence-electron chi connectivity index (χ1n) is 4.92. The van der Waals surface area contributed by atoms with Crippen LogP contribution in [0.15, 0.2) is 36.4 Å². The summed E-state index contributed by atoms with van der Waals surface area (Å²) in [7, 11) is 0. The minimum atomic E-state index is 0.333. The SMILES string of the molecule is N#Cc1ccc(Oc2ccc(Cl)cc2Cl)cc1Cl. The van der Waals surface area contributed by atoms with E-state index in [-0.39, 0.29) is 0 Å². The lowest BCUT2D eigenvalue weighted by molar-refractivity contribution is 0.483. The van der Waals surface area contributed by atoms with Crippen LogP contribution in [0.3, 0.4) is 0 Å². The summed E-state index contributed by atoms with van der Waals surface area (Å²) in [4.78, 5) is 0. The number of halogens is 3. The molecule has 0 saturated heterocycles. The maximum atomic E-state index is 8.76. The van der Waals surface area contributed by atoms with Gasteiger partial charge in [-0.1, -0.05) is 34.8 Å². The van der Waals surface area contributed by atoms with Gasteiger partial charge in [-0.3, -0.25) is 0 Å². The molecular weight excluding hydrogens is 293 g/mol. The fourth-order valence-corrected chi connectivity index (χ4v) is 1.99. The predicted octanol–water partition coefficient (Wildman–Crippen LogP) is 5.31. The summed E-state index contributed by atoms with van der Waals surface area (Å²) < 4.78 is 5.56. The van der Waals surface area contributed by atoms with Gasteiger partial charge in [-0.2, -0.15) is 5.26 Å². The third kappa shape index (κ3) is 2.88. The van der Waals surface area contributed by atoms with E-state index >= 15 is 0 Å². The summed E-state index contributed by atoms with van der Waals surface area (Å²) in [6.07, 6.45) is 0. The first-order chi connectivity index (χ1) is 8.60. The molecule has 18 heavy (non-hydrogen) atoms. The number of nitriles is 1. The molecule has 0 atom stereocenters. The summed E-state index contributed by atoms with van der Waals surface area (Å²) in [5.41, 5.74) is 0.395. The molecule has 0 aliphatic rings. The maximum Gasteiger partial charge on any atom is 0.146 e. The van der Waals surface area contributed by atoms with Crippen LogP contribution in [0.1, 0.15) is 5.56 Å². The second kappa shape index (κ2) is 5.49. The number of ether oxygens (including phenoxy) is 1. The summed E-state index contributed by atoms with van der Waals surface area (Å²) in [6, 6.07) is 11.7. The molecule has 0 saturated carbocycles. The lowest BCUT2D eigenvalue weighted by Gasteiger charge is -2.08. The van der Waals surface area contributed by atoms with Gasteiger partial charge in [0, 0.05) is 11.1 Å². The molecule has 0 aromatic heterocycles. The number of nitrogens with zero attached hydrogens (tertiary/aromatic N) is 1. The molecule has 0 fully saturated rings. The maximum absolute atomic E-state index is 8.76. The zero-order valence-corrected chi connectivity index (χ0v) is 11.2. The Bertz CT molecular complexity index is 635. The second-order valence-electron chi connectivity index (χ2n) is 3.43. The van der Waals surface area contributed by atoms with E-state index in [1.807, 2.05) is 6.07 Å². The number of hydrogen-bond donors (Lipinski definition) is 0. The molecule has 2 aromatic rings. The van der Waals surface area contributed by atoms with Crippen molar-refractivity contribution in [1.82, 2.24) is 0 Å². The van der Waals surface area contributed by atoms with Gasteiger partial charge >= 0.3 is 0 Å². The van der Waals surface area contributed by atoms with Crippen molar-refractivity contribution in [3.8, 4) is 17.6 Å². The van der Waals surface area contributed by atoms with Crippen LogP contribution < -0.4 is 4.74 Å². The van der Waals surface area contributed by atoms with E-state index in [0.717, 1.165) is 0 Å². The predicted molar refractivity (Wildman–Crippen MR) is 72.7 cm³/mol. The third-order valence-corrected chi connectivity index (χ3v) is 3.03. The highest BCUT2D eigenvalue weighted by molar-refractivity contribution is 6.35. The minimum absolute atomic E-state index is 0.333. The van der Waals surface area contributed by atoms with Crippen LogP contribution in [0.5, 0.6) is 11.5 Å². The molecule has 0 aliphatic carbocycles. The molecule has 0 unspecified atom stereocenters. The Balaban J connectivity index is 2.29. The van der Waals surface area contributed by atoms with Crippen LogP contribution in [0, 0.1) is 11.3 Å². The molecule has 2 rings (SSSR count). The van der Waals surface area contributed by atoms with Crippen LogP contribution in [-0.2, 0) is 0 Å². The highest BCUT2D eigenvalue weighted by atomic mass is 35.5. The van der Waals surface area contributed by atoms with Gasteiger partial charge < -0.3 is 4.74 Å². The third-order valence-electron chi connectivity index (χ3n) is 2.18. The smallest absolute Gasteiger partial charge is 0.146 e.